The lowest BCUT2D eigenvalue weighted by Gasteiger charge is -2.50. The molecule has 2 aliphatic rings. The number of hydrogen-bond acceptors (Lipinski definition) is 3. The Morgan fingerprint density at radius 3 is 2.42 bits per heavy atom. The Balaban J connectivity index is 1.68. The average molecular weight is 329 g/mol. The van der Waals surface area contributed by atoms with Crippen LogP contribution in [-0.2, 0) is 13.6 Å². The van der Waals surface area contributed by atoms with Crippen LogP contribution in [-0.4, -0.2) is 46.6 Å². The molecule has 1 aromatic rings. The highest BCUT2D eigenvalue weighted by Crippen LogP contribution is 2.36. The van der Waals surface area contributed by atoms with Crippen LogP contribution in [0.15, 0.2) is 12.3 Å². The average Bonchev–Trinajstić information content (AvgIpc) is 2.95. The molecule has 132 valence electrons. The van der Waals surface area contributed by atoms with E-state index in [0.29, 0.717) is 5.54 Å². The van der Waals surface area contributed by atoms with Gasteiger partial charge >= 0.3 is 0 Å². The summed E-state index contributed by atoms with van der Waals surface area (Å²) >= 11 is 0. The van der Waals surface area contributed by atoms with E-state index in [9.17, 15) is 0 Å². The largest absolute Gasteiger partial charge is 0.342 e. The van der Waals surface area contributed by atoms with E-state index in [1.54, 1.807) is 0 Å². The smallest absolute Gasteiger partial charge is 0.120 e. The monoisotopic (exact) mass is 328 g/mol. The van der Waals surface area contributed by atoms with Crippen molar-refractivity contribution in [2.75, 3.05) is 26.7 Å². The Morgan fingerprint density at radius 2 is 1.79 bits per heavy atom. The van der Waals surface area contributed by atoms with Crippen LogP contribution in [0.25, 0.3) is 0 Å². The lowest BCUT2D eigenvalue weighted by Crippen LogP contribution is -2.57. The number of rotatable bonds is 5. The fourth-order valence-corrected chi connectivity index (χ4v) is 4.85. The standard InChI is InChI=1S/C20H32N4/c1-22(15-18-13-19(14-21)23(2)16-18)17-20(9-5-3-6-10-20)24-11-7-4-8-12-24/h13,16H,3-12,15,17H2,1-2H3. The van der Waals surface area contributed by atoms with Gasteiger partial charge in [0.25, 0.3) is 0 Å². The van der Waals surface area contributed by atoms with Gasteiger partial charge in [0.05, 0.1) is 0 Å². The zero-order chi connectivity index (χ0) is 17.0. The molecule has 2 fully saturated rings. The number of aromatic nitrogens is 1. The molecule has 1 saturated heterocycles. The molecule has 3 rings (SSSR count). The second-order valence-corrected chi connectivity index (χ2v) is 7.96. The number of hydrogen-bond donors (Lipinski definition) is 0. The van der Waals surface area contributed by atoms with E-state index >= 15 is 0 Å². The highest BCUT2D eigenvalue weighted by molar-refractivity contribution is 5.28. The Hall–Kier alpha value is -1.31. The van der Waals surface area contributed by atoms with Crippen LogP contribution >= 0.6 is 0 Å². The van der Waals surface area contributed by atoms with E-state index in [0.717, 1.165) is 18.8 Å². The summed E-state index contributed by atoms with van der Waals surface area (Å²) in [4.78, 5) is 5.30. The Labute approximate surface area is 147 Å². The molecule has 1 aliphatic carbocycles. The zero-order valence-electron chi connectivity index (χ0n) is 15.4. The highest BCUT2D eigenvalue weighted by Gasteiger charge is 2.39. The fraction of sp³-hybridized carbons (Fsp3) is 0.750. The van der Waals surface area contributed by atoms with Crippen LogP contribution in [0, 0.1) is 11.3 Å². The van der Waals surface area contributed by atoms with Crippen molar-refractivity contribution in [3.63, 3.8) is 0 Å². The molecule has 1 aliphatic heterocycles. The molecule has 0 N–H and O–H groups in total. The minimum Gasteiger partial charge on any atom is -0.342 e. The molecule has 0 atom stereocenters. The van der Waals surface area contributed by atoms with Crippen LogP contribution in [0.1, 0.15) is 62.6 Å². The number of likely N-dealkylation sites (N-methyl/N-ethyl adjacent to an activating group) is 1. The molecule has 0 aromatic carbocycles. The first-order chi connectivity index (χ1) is 11.6. The van der Waals surface area contributed by atoms with Gasteiger partial charge in [-0.3, -0.25) is 4.90 Å². The summed E-state index contributed by atoms with van der Waals surface area (Å²) in [6, 6.07) is 4.30. The first-order valence-corrected chi connectivity index (χ1v) is 9.62. The summed E-state index contributed by atoms with van der Waals surface area (Å²) in [5.41, 5.74) is 2.39. The number of nitrogens with zero attached hydrogens (tertiary/aromatic N) is 4. The molecule has 24 heavy (non-hydrogen) atoms. The van der Waals surface area contributed by atoms with Gasteiger partial charge in [-0.05, 0) is 57.5 Å². The summed E-state index contributed by atoms with van der Waals surface area (Å²) in [5.74, 6) is 0. The molecule has 0 unspecified atom stereocenters. The van der Waals surface area contributed by atoms with Crippen molar-refractivity contribution in [2.24, 2.45) is 7.05 Å². The molecule has 0 radical (unpaired) electrons. The highest BCUT2D eigenvalue weighted by atomic mass is 15.3. The van der Waals surface area contributed by atoms with Crippen molar-refractivity contribution in [1.29, 1.82) is 5.26 Å². The van der Waals surface area contributed by atoms with Gasteiger partial charge in [0, 0.05) is 31.9 Å². The molecule has 0 amide bonds. The van der Waals surface area contributed by atoms with Crippen molar-refractivity contribution < 1.29 is 0 Å². The number of likely N-dealkylation sites (tertiary alicyclic amines) is 1. The molecular formula is C20H32N4. The molecule has 4 heteroatoms. The van der Waals surface area contributed by atoms with Gasteiger partial charge < -0.3 is 9.47 Å². The number of nitriles is 1. The van der Waals surface area contributed by atoms with Crippen LogP contribution in [0.4, 0.5) is 0 Å². The molecule has 0 bridgehead atoms. The first kappa shape index (κ1) is 17.5. The predicted octanol–water partition coefficient (Wildman–Crippen LogP) is 3.52. The Bertz CT molecular complexity index is 571. The second kappa shape index (κ2) is 7.72. The maximum absolute atomic E-state index is 9.15. The molecule has 4 nitrogen and oxygen atoms in total. The summed E-state index contributed by atoms with van der Waals surface area (Å²) in [5, 5.41) is 9.15. The molecule has 1 aromatic heterocycles. The third kappa shape index (κ3) is 3.84. The summed E-state index contributed by atoms with van der Waals surface area (Å²) in [6.07, 6.45) is 13.1. The normalized spacial score (nSPS) is 21.8. The van der Waals surface area contributed by atoms with Gasteiger partial charge in [-0.25, -0.2) is 0 Å². The predicted molar refractivity (Wildman–Crippen MR) is 97.7 cm³/mol. The Morgan fingerprint density at radius 1 is 1.12 bits per heavy atom. The second-order valence-electron chi connectivity index (χ2n) is 7.96. The van der Waals surface area contributed by atoms with E-state index in [1.807, 2.05) is 17.7 Å². The summed E-state index contributed by atoms with van der Waals surface area (Å²) in [7, 11) is 4.21. The maximum atomic E-state index is 9.15. The minimum atomic E-state index is 0.389. The van der Waals surface area contributed by atoms with Gasteiger partial charge in [0.1, 0.15) is 11.8 Å². The minimum absolute atomic E-state index is 0.389. The SMILES string of the molecule is CN(Cc1cc(C#N)n(C)c1)CC1(N2CCCCC2)CCCCC1. The lowest BCUT2D eigenvalue weighted by molar-refractivity contribution is 0.00787. The summed E-state index contributed by atoms with van der Waals surface area (Å²) in [6.45, 7) is 4.67. The van der Waals surface area contributed by atoms with Crippen LogP contribution in [0.5, 0.6) is 0 Å². The molecular weight excluding hydrogens is 296 g/mol. The van der Waals surface area contributed by atoms with Gasteiger partial charge in [-0.15, -0.1) is 0 Å². The zero-order valence-corrected chi connectivity index (χ0v) is 15.4. The van der Waals surface area contributed by atoms with Crippen molar-refractivity contribution in [2.45, 2.75) is 63.5 Å². The van der Waals surface area contributed by atoms with Crippen molar-refractivity contribution >= 4 is 0 Å². The molecule has 2 heterocycles. The van der Waals surface area contributed by atoms with E-state index < -0.39 is 0 Å². The lowest BCUT2D eigenvalue weighted by atomic mass is 9.78. The van der Waals surface area contributed by atoms with Gasteiger partial charge in [-0.1, -0.05) is 25.7 Å². The van der Waals surface area contributed by atoms with E-state index in [1.165, 1.54) is 70.0 Å². The maximum Gasteiger partial charge on any atom is 0.120 e. The number of piperidine rings is 1. The van der Waals surface area contributed by atoms with Crippen molar-refractivity contribution in [3.05, 3.63) is 23.5 Å². The topological polar surface area (TPSA) is 35.2 Å². The van der Waals surface area contributed by atoms with Crippen molar-refractivity contribution in [1.82, 2.24) is 14.4 Å². The van der Waals surface area contributed by atoms with Crippen LogP contribution in [0.2, 0.25) is 0 Å². The fourth-order valence-electron chi connectivity index (χ4n) is 4.85. The van der Waals surface area contributed by atoms with Gasteiger partial charge in [-0.2, -0.15) is 5.26 Å². The first-order valence-electron chi connectivity index (χ1n) is 9.62. The third-order valence-electron chi connectivity index (χ3n) is 6.00. The van der Waals surface area contributed by atoms with Crippen LogP contribution < -0.4 is 0 Å². The van der Waals surface area contributed by atoms with Crippen molar-refractivity contribution in [3.8, 4) is 6.07 Å². The Kier molecular flexibility index (Phi) is 5.63. The van der Waals surface area contributed by atoms with Crippen LogP contribution in [0.3, 0.4) is 0 Å². The molecule has 1 saturated carbocycles. The van der Waals surface area contributed by atoms with E-state index in [4.69, 9.17) is 5.26 Å². The van der Waals surface area contributed by atoms with E-state index in [2.05, 4.69) is 29.1 Å². The quantitative estimate of drug-likeness (QED) is 0.829. The van der Waals surface area contributed by atoms with E-state index in [-0.39, 0.29) is 0 Å². The van der Waals surface area contributed by atoms with Gasteiger partial charge in [0.2, 0.25) is 0 Å². The number of aryl methyl sites for hydroxylation is 1. The molecule has 0 spiro atoms. The summed E-state index contributed by atoms with van der Waals surface area (Å²) < 4.78 is 1.93. The van der Waals surface area contributed by atoms with Gasteiger partial charge in [0.15, 0.2) is 0 Å². The third-order valence-corrected chi connectivity index (χ3v) is 6.00.